The minimum Gasteiger partial charge on any atom is -0.388 e. The normalized spacial score (nSPS) is 19.2. The molecule has 2 rings (SSSR count). The van der Waals surface area contributed by atoms with Crippen molar-refractivity contribution in [3.05, 3.63) is 23.0 Å². The summed E-state index contributed by atoms with van der Waals surface area (Å²) in [6.07, 6.45) is 9.95. The van der Waals surface area contributed by atoms with E-state index < -0.39 is 0 Å². The van der Waals surface area contributed by atoms with Crippen LogP contribution < -0.4 is 0 Å². The third kappa shape index (κ3) is 2.01. The highest BCUT2D eigenvalue weighted by molar-refractivity contribution is 5.31. The maximum absolute atomic E-state index is 9.93. The third-order valence-electron chi connectivity index (χ3n) is 3.40. The van der Waals surface area contributed by atoms with Gasteiger partial charge in [-0.1, -0.05) is 0 Å². The second-order valence-corrected chi connectivity index (χ2v) is 4.56. The number of terminal acetylenes is 1. The van der Waals surface area contributed by atoms with Gasteiger partial charge >= 0.3 is 0 Å². The lowest BCUT2D eigenvalue weighted by Gasteiger charge is -2.20. The van der Waals surface area contributed by atoms with E-state index in [-0.39, 0.29) is 6.10 Å². The first kappa shape index (κ1) is 11.3. The van der Waals surface area contributed by atoms with Crippen LogP contribution in [0.5, 0.6) is 0 Å². The van der Waals surface area contributed by atoms with Crippen molar-refractivity contribution < 1.29 is 5.11 Å². The molecule has 0 saturated heterocycles. The number of hydrogen-bond acceptors (Lipinski definition) is 1. The Bertz CT molecular complexity index is 411. The van der Waals surface area contributed by atoms with Crippen LogP contribution in [0.3, 0.4) is 0 Å². The highest BCUT2D eigenvalue weighted by Crippen LogP contribution is 2.32. The summed E-state index contributed by atoms with van der Waals surface area (Å²) in [6, 6.07) is 2.13. The molecule has 1 heterocycles. The maximum Gasteiger partial charge on any atom is 0.0807 e. The Balaban J connectivity index is 2.21. The molecule has 1 aromatic heterocycles. The molecular weight excluding hydrogens is 198 g/mol. The van der Waals surface area contributed by atoms with Gasteiger partial charge in [-0.05, 0) is 38.7 Å². The van der Waals surface area contributed by atoms with Gasteiger partial charge in [0.25, 0.3) is 0 Å². The van der Waals surface area contributed by atoms with Gasteiger partial charge in [0.05, 0.1) is 6.10 Å². The minimum absolute atomic E-state index is 0.253. The summed E-state index contributed by atoms with van der Waals surface area (Å²) in [5, 5.41) is 9.93. The van der Waals surface area contributed by atoms with Crippen molar-refractivity contribution in [3.8, 4) is 12.3 Å². The highest BCUT2D eigenvalue weighted by Gasteiger charge is 2.22. The van der Waals surface area contributed by atoms with E-state index in [1.165, 1.54) is 11.4 Å². The summed E-state index contributed by atoms with van der Waals surface area (Å²) >= 11 is 0. The molecule has 0 aliphatic heterocycles. The predicted molar refractivity (Wildman–Crippen MR) is 65.1 cm³/mol. The highest BCUT2D eigenvalue weighted by atomic mass is 16.3. The molecule has 1 aliphatic carbocycles. The second-order valence-electron chi connectivity index (χ2n) is 4.56. The fourth-order valence-electron chi connectivity index (χ4n) is 2.59. The molecule has 2 heteroatoms. The minimum atomic E-state index is -0.253. The van der Waals surface area contributed by atoms with Crippen LogP contribution in [0.15, 0.2) is 6.07 Å². The Morgan fingerprint density at radius 2 is 2.44 bits per heavy atom. The molecule has 1 N–H and O–H groups in total. The van der Waals surface area contributed by atoms with Crippen LogP contribution in [0.1, 0.15) is 48.7 Å². The largest absolute Gasteiger partial charge is 0.388 e. The Morgan fingerprint density at radius 1 is 1.62 bits per heavy atom. The third-order valence-corrected chi connectivity index (χ3v) is 3.40. The molecule has 16 heavy (non-hydrogen) atoms. The Kier molecular flexibility index (Phi) is 3.36. The number of fused-ring (bicyclic) bond motifs is 1. The maximum atomic E-state index is 9.93. The van der Waals surface area contributed by atoms with Crippen LogP contribution in [0.25, 0.3) is 0 Å². The molecule has 1 aliphatic rings. The second kappa shape index (κ2) is 4.76. The van der Waals surface area contributed by atoms with Crippen molar-refractivity contribution in [2.24, 2.45) is 0 Å². The van der Waals surface area contributed by atoms with Gasteiger partial charge in [0.1, 0.15) is 0 Å². The van der Waals surface area contributed by atoms with Gasteiger partial charge in [-0.15, -0.1) is 12.3 Å². The SMILES string of the molecule is C#CCCCn1c(C)cc2c1CCCC2O. The van der Waals surface area contributed by atoms with Crippen molar-refractivity contribution in [2.45, 2.75) is 51.7 Å². The molecule has 1 atom stereocenters. The number of aromatic nitrogens is 1. The van der Waals surface area contributed by atoms with E-state index in [0.717, 1.165) is 44.2 Å². The Morgan fingerprint density at radius 3 is 3.19 bits per heavy atom. The number of hydrogen-bond donors (Lipinski definition) is 1. The van der Waals surface area contributed by atoms with E-state index >= 15 is 0 Å². The van der Waals surface area contributed by atoms with E-state index in [1.807, 2.05) is 0 Å². The van der Waals surface area contributed by atoms with Gasteiger partial charge in [-0.2, -0.15) is 0 Å². The van der Waals surface area contributed by atoms with Gasteiger partial charge in [-0.3, -0.25) is 0 Å². The number of aliphatic hydroxyl groups excluding tert-OH is 1. The van der Waals surface area contributed by atoms with Gasteiger partial charge in [0.15, 0.2) is 0 Å². The molecular formula is C14H19NO. The Hall–Kier alpha value is -1.20. The van der Waals surface area contributed by atoms with Crippen molar-refractivity contribution >= 4 is 0 Å². The molecule has 0 radical (unpaired) electrons. The summed E-state index contributed by atoms with van der Waals surface area (Å²) in [5.74, 6) is 2.68. The molecule has 1 unspecified atom stereocenters. The first-order valence-electron chi connectivity index (χ1n) is 6.04. The van der Waals surface area contributed by atoms with Gasteiger partial charge in [0.2, 0.25) is 0 Å². The Labute approximate surface area is 97.3 Å². The number of unbranched alkanes of at least 4 members (excludes halogenated alkanes) is 1. The monoisotopic (exact) mass is 217 g/mol. The zero-order valence-corrected chi connectivity index (χ0v) is 9.87. The van der Waals surface area contributed by atoms with E-state index in [9.17, 15) is 5.11 Å². The van der Waals surface area contributed by atoms with Crippen LogP contribution in [0.4, 0.5) is 0 Å². The lowest BCUT2D eigenvalue weighted by atomic mass is 9.95. The molecule has 0 amide bonds. The van der Waals surface area contributed by atoms with E-state index in [1.54, 1.807) is 0 Å². The van der Waals surface area contributed by atoms with E-state index in [2.05, 4.69) is 23.5 Å². The molecule has 0 fully saturated rings. The van der Waals surface area contributed by atoms with Crippen LogP contribution in [0, 0.1) is 19.3 Å². The van der Waals surface area contributed by atoms with Crippen LogP contribution in [-0.2, 0) is 13.0 Å². The molecule has 0 saturated carbocycles. The van der Waals surface area contributed by atoms with Crippen LogP contribution in [0.2, 0.25) is 0 Å². The first-order valence-corrected chi connectivity index (χ1v) is 6.04. The fourth-order valence-corrected chi connectivity index (χ4v) is 2.59. The number of rotatable bonds is 3. The van der Waals surface area contributed by atoms with Crippen LogP contribution in [-0.4, -0.2) is 9.67 Å². The van der Waals surface area contributed by atoms with Gasteiger partial charge in [-0.25, -0.2) is 0 Å². The summed E-state index contributed by atoms with van der Waals surface area (Å²) < 4.78 is 2.33. The molecule has 0 aromatic carbocycles. The molecule has 2 nitrogen and oxygen atoms in total. The molecule has 86 valence electrons. The standard InChI is InChI=1S/C14H19NO/c1-3-4-5-9-15-11(2)10-12-13(15)7-6-8-14(12)16/h1,10,14,16H,4-9H2,2H3. The smallest absolute Gasteiger partial charge is 0.0807 e. The summed E-state index contributed by atoms with van der Waals surface area (Å²) in [7, 11) is 0. The quantitative estimate of drug-likeness (QED) is 0.611. The zero-order chi connectivity index (χ0) is 11.5. The zero-order valence-electron chi connectivity index (χ0n) is 9.87. The average molecular weight is 217 g/mol. The molecule has 1 aromatic rings. The predicted octanol–water partition coefficient (Wildman–Crippen LogP) is 2.58. The lowest BCUT2D eigenvalue weighted by Crippen LogP contribution is -2.12. The number of aliphatic hydroxyl groups is 1. The van der Waals surface area contributed by atoms with E-state index in [4.69, 9.17) is 6.42 Å². The van der Waals surface area contributed by atoms with Crippen molar-refractivity contribution in [1.29, 1.82) is 0 Å². The van der Waals surface area contributed by atoms with Gasteiger partial charge in [0, 0.05) is 29.9 Å². The summed E-state index contributed by atoms with van der Waals surface area (Å²) in [6.45, 7) is 3.10. The van der Waals surface area contributed by atoms with Crippen molar-refractivity contribution in [1.82, 2.24) is 4.57 Å². The first-order chi connectivity index (χ1) is 7.74. The fraction of sp³-hybridized carbons (Fsp3) is 0.571. The van der Waals surface area contributed by atoms with Gasteiger partial charge < -0.3 is 9.67 Å². The molecule has 0 bridgehead atoms. The van der Waals surface area contributed by atoms with Crippen molar-refractivity contribution in [2.75, 3.05) is 0 Å². The average Bonchev–Trinajstić information content (AvgIpc) is 2.58. The van der Waals surface area contributed by atoms with Crippen LogP contribution >= 0.6 is 0 Å². The number of nitrogens with zero attached hydrogens (tertiary/aromatic N) is 1. The summed E-state index contributed by atoms with van der Waals surface area (Å²) in [5.41, 5.74) is 3.72. The lowest BCUT2D eigenvalue weighted by molar-refractivity contribution is 0.155. The number of aryl methyl sites for hydroxylation is 1. The van der Waals surface area contributed by atoms with E-state index in [0.29, 0.717) is 0 Å². The topological polar surface area (TPSA) is 25.2 Å². The summed E-state index contributed by atoms with van der Waals surface area (Å²) in [4.78, 5) is 0. The molecule has 0 spiro atoms. The van der Waals surface area contributed by atoms with Crippen molar-refractivity contribution in [3.63, 3.8) is 0 Å².